The third-order valence-corrected chi connectivity index (χ3v) is 6.07. The average Bonchev–Trinajstić information content (AvgIpc) is 2.68. The number of hydrogen-bond acceptors (Lipinski definition) is 5. The van der Waals surface area contributed by atoms with Crippen molar-refractivity contribution in [1.29, 1.82) is 0 Å². The Morgan fingerprint density at radius 2 is 1.85 bits per heavy atom. The average molecular weight is 384 g/mol. The van der Waals surface area contributed by atoms with E-state index in [1.807, 2.05) is 13.8 Å². The maximum absolute atomic E-state index is 13.1. The normalized spacial score (nSPS) is 22.5. The molecule has 2 atom stereocenters. The van der Waals surface area contributed by atoms with Crippen molar-refractivity contribution in [2.45, 2.75) is 57.2 Å². The highest BCUT2D eigenvalue weighted by Gasteiger charge is 2.34. The van der Waals surface area contributed by atoms with Gasteiger partial charge in [-0.1, -0.05) is 17.7 Å². The number of rotatable bonds is 3. The van der Waals surface area contributed by atoms with Crippen molar-refractivity contribution >= 4 is 16.1 Å². The lowest BCUT2D eigenvalue weighted by Crippen LogP contribution is -2.49. The molecule has 0 spiro atoms. The van der Waals surface area contributed by atoms with Crippen LogP contribution in [-0.2, 0) is 14.8 Å². The number of alkyl carbamates (subject to hydrolysis) is 1. The zero-order valence-electron chi connectivity index (χ0n) is 16.1. The largest absolute Gasteiger partial charge is 0.444 e. The topological polar surface area (TPSA) is 87.7 Å². The second kappa shape index (κ2) is 7.94. The van der Waals surface area contributed by atoms with E-state index in [1.165, 1.54) is 4.31 Å². The van der Waals surface area contributed by atoms with Gasteiger partial charge < -0.3 is 15.4 Å². The lowest BCUT2D eigenvalue weighted by Gasteiger charge is -2.29. The van der Waals surface area contributed by atoms with Crippen LogP contribution in [0.4, 0.5) is 4.79 Å². The molecule has 0 aromatic heterocycles. The van der Waals surface area contributed by atoms with Gasteiger partial charge in [0.1, 0.15) is 5.60 Å². The SMILES string of the molecule is Cc1ccc(S(=O)(=O)N2C[C@@H](NC(=O)OC(C)(C)C)CNC[C@@H]2C)cc1. The number of amides is 1. The molecule has 1 aromatic carbocycles. The Bertz CT molecular complexity index is 726. The van der Waals surface area contributed by atoms with Crippen LogP contribution in [0.25, 0.3) is 0 Å². The van der Waals surface area contributed by atoms with Gasteiger partial charge in [-0.25, -0.2) is 13.2 Å². The second-order valence-corrected chi connectivity index (χ2v) is 9.63. The molecule has 8 heteroatoms. The van der Waals surface area contributed by atoms with Crippen LogP contribution in [-0.4, -0.2) is 56.1 Å². The fraction of sp³-hybridized carbons (Fsp3) is 0.611. The first-order chi connectivity index (χ1) is 12.0. The third kappa shape index (κ3) is 5.43. The first kappa shape index (κ1) is 20.7. The molecule has 146 valence electrons. The molecule has 1 fully saturated rings. The Balaban J connectivity index is 2.18. The van der Waals surface area contributed by atoms with Crippen molar-refractivity contribution in [3.63, 3.8) is 0 Å². The molecule has 1 aromatic rings. The van der Waals surface area contributed by atoms with Gasteiger partial charge in [0, 0.05) is 25.7 Å². The first-order valence-electron chi connectivity index (χ1n) is 8.78. The van der Waals surface area contributed by atoms with Gasteiger partial charge in [-0.05, 0) is 46.8 Å². The zero-order valence-corrected chi connectivity index (χ0v) is 16.9. The molecule has 1 amide bonds. The Hall–Kier alpha value is -1.64. The molecule has 0 bridgehead atoms. The van der Waals surface area contributed by atoms with Crippen LogP contribution in [0, 0.1) is 6.92 Å². The van der Waals surface area contributed by atoms with Gasteiger partial charge in [0.15, 0.2) is 0 Å². The van der Waals surface area contributed by atoms with Gasteiger partial charge in [-0.15, -0.1) is 0 Å². The minimum absolute atomic E-state index is 0.184. The Kier molecular flexibility index (Phi) is 6.31. The lowest BCUT2D eigenvalue weighted by atomic mass is 10.2. The minimum atomic E-state index is -3.65. The molecule has 0 saturated carbocycles. The maximum atomic E-state index is 13.1. The van der Waals surface area contributed by atoms with Gasteiger partial charge in [-0.3, -0.25) is 0 Å². The van der Waals surface area contributed by atoms with Crippen molar-refractivity contribution in [2.24, 2.45) is 0 Å². The molecule has 7 nitrogen and oxygen atoms in total. The van der Waals surface area contributed by atoms with E-state index in [-0.39, 0.29) is 23.5 Å². The smallest absolute Gasteiger partial charge is 0.407 e. The monoisotopic (exact) mass is 383 g/mol. The summed E-state index contributed by atoms with van der Waals surface area (Å²) in [5.41, 5.74) is 0.391. The fourth-order valence-electron chi connectivity index (χ4n) is 2.78. The van der Waals surface area contributed by atoms with E-state index < -0.39 is 21.7 Å². The Morgan fingerprint density at radius 3 is 2.42 bits per heavy atom. The van der Waals surface area contributed by atoms with E-state index in [9.17, 15) is 13.2 Å². The Morgan fingerprint density at radius 1 is 1.23 bits per heavy atom. The van der Waals surface area contributed by atoms with Crippen LogP contribution in [0.5, 0.6) is 0 Å². The highest BCUT2D eigenvalue weighted by Crippen LogP contribution is 2.20. The molecule has 0 radical (unpaired) electrons. The number of ether oxygens (including phenoxy) is 1. The summed E-state index contributed by atoms with van der Waals surface area (Å²) in [4.78, 5) is 12.3. The molecule has 1 aliphatic heterocycles. The van der Waals surface area contributed by atoms with Crippen LogP contribution < -0.4 is 10.6 Å². The van der Waals surface area contributed by atoms with Gasteiger partial charge in [-0.2, -0.15) is 4.31 Å². The van der Waals surface area contributed by atoms with E-state index in [0.717, 1.165) is 5.56 Å². The number of carbonyl (C=O) groups is 1. The van der Waals surface area contributed by atoms with Crippen molar-refractivity contribution in [2.75, 3.05) is 19.6 Å². The summed E-state index contributed by atoms with van der Waals surface area (Å²) in [5, 5.41) is 5.97. The molecule has 1 heterocycles. The van der Waals surface area contributed by atoms with E-state index in [0.29, 0.717) is 13.1 Å². The quantitative estimate of drug-likeness (QED) is 0.832. The molecule has 26 heavy (non-hydrogen) atoms. The number of carbonyl (C=O) groups excluding carboxylic acids is 1. The van der Waals surface area contributed by atoms with Crippen molar-refractivity contribution < 1.29 is 17.9 Å². The number of nitrogens with zero attached hydrogens (tertiary/aromatic N) is 1. The van der Waals surface area contributed by atoms with Crippen molar-refractivity contribution in [3.8, 4) is 0 Å². The molecule has 0 aliphatic carbocycles. The van der Waals surface area contributed by atoms with E-state index in [2.05, 4.69) is 10.6 Å². The van der Waals surface area contributed by atoms with Crippen LogP contribution in [0.15, 0.2) is 29.2 Å². The third-order valence-electron chi connectivity index (χ3n) is 4.07. The zero-order chi connectivity index (χ0) is 19.5. The van der Waals surface area contributed by atoms with Gasteiger partial charge >= 0.3 is 6.09 Å². The van der Waals surface area contributed by atoms with Gasteiger partial charge in [0.25, 0.3) is 0 Å². The van der Waals surface area contributed by atoms with Crippen molar-refractivity contribution in [1.82, 2.24) is 14.9 Å². The highest BCUT2D eigenvalue weighted by molar-refractivity contribution is 7.89. The van der Waals surface area contributed by atoms with Gasteiger partial charge in [0.05, 0.1) is 10.9 Å². The summed E-state index contributed by atoms with van der Waals surface area (Å²) in [6.45, 7) is 10.3. The van der Waals surface area contributed by atoms with Gasteiger partial charge in [0.2, 0.25) is 10.0 Å². The van der Waals surface area contributed by atoms with Crippen LogP contribution in [0.1, 0.15) is 33.3 Å². The summed E-state index contributed by atoms with van der Waals surface area (Å²) in [6, 6.07) is 6.19. The van der Waals surface area contributed by atoms with Crippen LogP contribution in [0.2, 0.25) is 0 Å². The molecule has 2 rings (SSSR count). The summed E-state index contributed by atoms with van der Waals surface area (Å²) in [7, 11) is -3.65. The van der Waals surface area contributed by atoms with Crippen LogP contribution >= 0.6 is 0 Å². The molecule has 2 N–H and O–H groups in total. The second-order valence-electron chi connectivity index (χ2n) is 7.74. The standard InChI is InChI=1S/C18H29N3O4S/c1-13-6-8-16(9-7-13)26(23,24)21-12-15(11-19-10-14(21)2)20-17(22)25-18(3,4)5/h6-9,14-15,19H,10-12H2,1-5H3,(H,20,22)/t14-,15-/m0/s1. The maximum Gasteiger partial charge on any atom is 0.407 e. The molecule has 0 unspecified atom stereocenters. The Labute approximate surface area is 156 Å². The fourth-order valence-corrected chi connectivity index (χ4v) is 4.46. The molecule has 1 saturated heterocycles. The number of benzene rings is 1. The molecule has 1 aliphatic rings. The molecular formula is C18H29N3O4S. The number of nitrogens with one attached hydrogen (secondary N) is 2. The van der Waals surface area contributed by atoms with Crippen LogP contribution in [0.3, 0.4) is 0 Å². The molecular weight excluding hydrogens is 354 g/mol. The lowest BCUT2D eigenvalue weighted by molar-refractivity contribution is 0.0500. The predicted octanol–water partition coefficient (Wildman–Crippen LogP) is 1.87. The van der Waals surface area contributed by atoms with E-state index >= 15 is 0 Å². The summed E-state index contributed by atoms with van der Waals surface area (Å²) in [6.07, 6.45) is -0.550. The summed E-state index contributed by atoms with van der Waals surface area (Å²) in [5.74, 6) is 0. The van der Waals surface area contributed by atoms with E-state index in [1.54, 1.807) is 45.0 Å². The predicted molar refractivity (Wildman–Crippen MR) is 101 cm³/mol. The number of hydrogen-bond donors (Lipinski definition) is 2. The minimum Gasteiger partial charge on any atom is -0.444 e. The first-order valence-corrected chi connectivity index (χ1v) is 10.2. The number of aryl methyl sites for hydroxylation is 1. The summed E-state index contributed by atoms with van der Waals surface area (Å²) >= 11 is 0. The highest BCUT2D eigenvalue weighted by atomic mass is 32.2. The van der Waals surface area contributed by atoms with E-state index in [4.69, 9.17) is 4.74 Å². The van der Waals surface area contributed by atoms with Crippen molar-refractivity contribution in [3.05, 3.63) is 29.8 Å². The number of sulfonamides is 1. The summed E-state index contributed by atoms with van der Waals surface area (Å²) < 4.78 is 32.9.